The minimum atomic E-state index is 0.145. The molecule has 0 bridgehead atoms. The van der Waals surface area contributed by atoms with Crippen LogP contribution in [0.2, 0.25) is 0 Å². The summed E-state index contributed by atoms with van der Waals surface area (Å²) in [6.07, 6.45) is 0. The number of methoxy groups -OCH3 is 1. The van der Waals surface area contributed by atoms with E-state index in [1.165, 1.54) is 11.1 Å². The molecule has 1 fully saturated rings. The van der Waals surface area contributed by atoms with Crippen LogP contribution in [0.15, 0.2) is 18.2 Å². The van der Waals surface area contributed by atoms with Crippen LogP contribution in [0, 0.1) is 0 Å². The Bertz CT molecular complexity index is 425. The number of hydrogen-bond donors (Lipinski definition) is 1. The molecule has 0 aromatic heterocycles. The molecule has 3 heteroatoms. The molecule has 1 saturated heterocycles. The van der Waals surface area contributed by atoms with E-state index < -0.39 is 0 Å². The molecule has 19 heavy (non-hydrogen) atoms. The Morgan fingerprint density at radius 2 is 2.11 bits per heavy atom. The van der Waals surface area contributed by atoms with Crippen molar-refractivity contribution < 1.29 is 9.47 Å². The topological polar surface area (TPSA) is 30.5 Å². The number of nitrogens with one attached hydrogen (secondary N) is 1. The molecular formula is C16H25NO2. The lowest BCUT2D eigenvalue weighted by molar-refractivity contribution is -0.0588. The Hall–Kier alpha value is -1.06. The lowest BCUT2D eigenvalue weighted by Crippen LogP contribution is -2.53. The van der Waals surface area contributed by atoms with Gasteiger partial charge in [-0.3, -0.25) is 0 Å². The zero-order valence-electron chi connectivity index (χ0n) is 12.5. The molecule has 0 spiro atoms. The molecule has 106 valence electrons. The third-order valence-electron chi connectivity index (χ3n) is 3.93. The largest absolute Gasteiger partial charge is 0.496 e. The molecule has 1 aromatic carbocycles. The van der Waals surface area contributed by atoms with E-state index in [-0.39, 0.29) is 5.41 Å². The van der Waals surface area contributed by atoms with E-state index in [4.69, 9.17) is 9.47 Å². The van der Waals surface area contributed by atoms with Crippen molar-refractivity contribution in [3.8, 4) is 5.75 Å². The molecule has 0 unspecified atom stereocenters. The van der Waals surface area contributed by atoms with Crippen molar-refractivity contribution in [2.75, 3.05) is 33.4 Å². The van der Waals surface area contributed by atoms with Crippen LogP contribution in [0.3, 0.4) is 0 Å². The van der Waals surface area contributed by atoms with E-state index in [1.807, 2.05) is 0 Å². The molecule has 1 aliphatic rings. The molecule has 1 heterocycles. The second-order valence-electron chi connectivity index (χ2n) is 5.66. The second-order valence-corrected chi connectivity index (χ2v) is 5.66. The minimum absolute atomic E-state index is 0.145. The lowest BCUT2D eigenvalue weighted by atomic mass is 9.77. The molecule has 0 amide bonds. The first-order valence-corrected chi connectivity index (χ1v) is 7.10. The molecule has 0 aliphatic carbocycles. The first kappa shape index (κ1) is 14.4. The maximum Gasteiger partial charge on any atom is 0.122 e. The highest BCUT2D eigenvalue weighted by Gasteiger charge is 2.40. The van der Waals surface area contributed by atoms with Gasteiger partial charge in [-0.05, 0) is 29.7 Å². The number of likely N-dealkylation sites (N-methyl/N-ethyl adjacent to an activating group) is 1. The standard InChI is InChI=1S/C16H25NO2/c1-5-17-9-16(10-19-11-16)13-6-7-15(18-4)14(8-13)12(2)3/h6-8,12,17H,5,9-11H2,1-4H3. The van der Waals surface area contributed by atoms with E-state index in [9.17, 15) is 0 Å². The summed E-state index contributed by atoms with van der Waals surface area (Å²) in [6.45, 7) is 10.1. The van der Waals surface area contributed by atoms with Crippen molar-refractivity contribution >= 4 is 0 Å². The molecular weight excluding hydrogens is 238 g/mol. The Morgan fingerprint density at radius 1 is 1.37 bits per heavy atom. The van der Waals surface area contributed by atoms with E-state index in [0.717, 1.165) is 32.1 Å². The third-order valence-corrected chi connectivity index (χ3v) is 3.93. The minimum Gasteiger partial charge on any atom is -0.496 e. The van der Waals surface area contributed by atoms with Crippen LogP contribution in [0.25, 0.3) is 0 Å². The SMILES string of the molecule is CCNCC1(c2ccc(OC)c(C(C)C)c2)COC1. The van der Waals surface area contributed by atoms with Crippen LogP contribution in [-0.2, 0) is 10.2 Å². The van der Waals surface area contributed by atoms with Gasteiger partial charge in [-0.2, -0.15) is 0 Å². The van der Waals surface area contributed by atoms with Crippen molar-refractivity contribution in [2.45, 2.75) is 32.1 Å². The maximum atomic E-state index is 5.48. The molecule has 0 saturated carbocycles. The Labute approximate surface area is 116 Å². The fourth-order valence-electron chi connectivity index (χ4n) is 2.60. The summed E-state index contributed by atoms with van der Waals surface area (Å²) < 4.78 is 10.9. The fourth-order valence-corrected chi connectivity index (χ4v) is 2.60. The summed E-state index contributed by atoms with van der Waals surface area (Å²) in [5, 5.41) is 3.46. The zero-order chi connectivity index (χ0) is 13.9. The van der Waals surface area contributed by atoms with Crippen LogP contribution in [0.4, 0.5) is 0 Å². The lowest BCUT2D eigenvalue weighted by Gasteiger charge is -2.42. The van der Waals surface area contributed by atoms with Gasteiger partial charge in [0.15, 0.2) is 0 Å². The summed E-state index contributed by atoms with van der Waals surface area (Å²) in [4.78, 5) is 0. The van der Waals surface area contributed by atoms with E-state index in [1.54, 1.807) is 7.11 Å². The van der Waals surface area contributed by atoms with Gasteiger partial charge in [-0.25, -0.2) is 0 Å². The number of rotatable bonds is 6. The number of benzene rings is 1. The van der Waals surface area contributed by atoms with Crippen LogP contribution in [0.5, 0.6) is 5.75 Å². The predicted molar refractivity (Wildman–Crippen MR) is 78.1 cm³/mol. The zero-order valence-corrected chi connectivity index (χ0v) is 12.5. The van der Waals surface area contributed by atoms with E-state index in [0.29, 0.717) is 5.92 Å². The quantitative estimate of drug-likeness (QED) is 0.856. The van der Waals surface area contributed by atoms with Crippen molar-refractivity contribution in [3.05, 3.63) is 29.3 Å². The summed E-state index contributed by atoms with van der Waals surface area (Å²) in [6, 6.07) is 6.57. The van der Waals surface area contributed by atoms with Gasteiger partial charge in [0, 0.05) is 6.54 Å². The molecule has 0 atom stereocenters. The number of ether oxygens (including phenoxy) is 2. The Kier molecular flexibility index (Phi) is 4.48. The van der Waals surface area contributed by atoms with Gasteiger partial charge in [0.1, 0.15) is 5.75 Å². The fraction of sp³-hybridized carbons (Fsp3) is 0.625. The van der Waals surface area contributed by atoms with Crippen LogP contribution in [-0.4, -0.2) is 33.4 Å². The van der Waals surface area contributed by atoms with Crippen molar-refractivity contribution in [1.82, 2.24) is 5.32 Å². The normalized spacial score (nSPS) is 17.3. The number of hydrogen-bond acceptors (Lipinski definition) is 3. The smallest absolute Gasteiger partial charge is 0.122 e. The van der Waals surface area contributed by atoms with Crippen LogP contribution in [0.1, 0.15) is 37.8 Å². The van der Waals surface area contributed by atoms with Gasteiger partial charge in [0.05, 0.1) is 25.7 Å². The maximum absolute atomic E-state index is 5.48. The molecule has 1 aliphatic heterocycles. The highest BCUT2D eigenvalue weighted by Crippen LogP contribution is 2.36. The first-order valence-electron chi connectivity index (χ1n) is 7.10. The van der Waals surface area contributed by atoms with Gasteiger partial charge in [0.2, 0.25) is 0 Å². The molecule has 3 nitrogen and oxygen atoms in total. The summed E-state index contributed by atoms with van der Waals surface area (Å²) in [5.74, 6) is 1.45. The predicted octanol–water partition coefficient (Wildman–Crippen LogP) is 2.70. The second kappa shape index (κ2) is 5.93. The summed E-state index contributed by atoms with van der Waals surface area (Å²) in [7, 11) is 1.74. The molecule has 2 rings (SSSR count). The van der Waals surface area contributed by atoms with Crippen molar-refractivity contribution in [2.24, 2.45) is 0 Å². The first-order chi connectivity index (χ1) is 9.13. The highest BCUT2D eigenvalue weighted by atomic mass is 16.5. The van der Waals surface area contributed by atoms with E-state index in [2.05, 4.69) is 44.3 Å². The molecule has 0 radical (unpaired) electrons. The van der Waals surface area contributed by atoms with Gasteiger partial charge in [-0.15, -0.1) is 0 Å². The van der Waals surface area contributed by atoms with Gasteiger partial charge >= 0.3 is 0 Å². The van der Waals surface area contributed by atoms with Crippen LogP contribution >= 0.6 is 0 Å². The van der Waals surface area contributed by atoms with Gasteiger partial charge in [0.25, 0.3) is 0 Å². The summed E-state index contributed by atoms with van der Waals surface area (Å²) >= 11 is 0. The molecule has 1 N–H and O–H groups in total. The Balaban J connectivity index is 2.31. The monoisotopic (exact) mass is 263 g/mol. The molecule has 1 aromatic rings. The van der Waals surface area contributed by atoms with Crippen molar-refractivity contribution in [3.63, 3.8) is 0 Å². The van der Waals surface area contributed by atoms with Gasteiger partial charge < -0.3 is 14.8 Å². The average molecular weight is 263 g/mol. The Morgan fingerprint density at radius 3 is 2.58 bits per heavy atom. The highest BCUT2D eigenvalue weighted by molar-refractivity contribution is 5.43. The summed E-state index contributed by atoms with van der Waals surface area (Å²) in [5.41, 5.74) is 2.79. The van der Waals surface area contributed by atoms with E-state index >= 15 is 0 Å². The van der Waals surface area contributed by atoms with Gasteiger partial charge in [-0.1, -0.05) is 32.9 Å². The average Bonchev–Trinajstić information content (AvgIpc) is 2.37. The third kappa shape index (κ3) is 2.77. The van der Waals surface area contributed by atoms with Crippen LogP contribution < -0.4 is 10.1 Å². The van der Waals surface area contributed by atoms with Crippen molar-refractivity contribution in [1.29, 1.82) is 0 Å².